The van der Waals surface area contributed by atoms with E-state index in [4.69, 9.17) is 19.7 Å². The Morgan fingerprint density at radius 3 is 2.76 bits per heavy atom. The van der Waals surface area contributed by atoms with Crippen LogP contribution in [0.1, 0.15) is 63.8 Å². The first kappa shape index (κ1) is 26.3. The summed E-state index contributed by atoms with van der Waals surface area (Å²) in [5.74, 6) is -0.332. The molecule has 0 bridgehead atoms. The molecular formula is C28H37FN6O3. The van der Waals surface area contributed by atoms with Crippen LogP contribution in [0.15, 0.2) is 24.7 Å². The number of carbonyl (C=O) groups is 1. The maximum absolute atomic E-state index is 14.5. The lowest BCUT2D eigenvalue weighted by Gasteiger charge is -2.46. The van der Waals surface area contributed by atoms with E-state index in [1.54, 1.807) is 10.9 Å². The molecule has 5 heterocycles. The lowest BCUT2D eigenvalue weighted by Crippen LogP contribution is -2.49. The second-order valence-electron chi connectivity index (χ2n) is 10.4. The normalized spacial score (nSPS) is 20.8. The number of carbonyl (C=O) groups excluding carboxylic acids is 1. The van der Waals surface area contributed by atoms with Crippen LogP contribution in [0.3, 0.4) is 0 Å². The average molecular weight is 525 g/mol. The topological polar surface area (TPSA) is 87.3 Å². The molecule has 2 unspecified atom stereocenters. The van der Waals surface area contributed by atoms with Crippen molar-refractivity contribution in [3.8, 4) is 22.8 Å². The minimum Gasteiger partial charge on any atom is -0.479 e. The summed E-state index contributed by atoms with van der Waals surface area (Å²) in [5, 5.41) is 9.75. The Balaban J connectivity index is 1.52. The van der Waals surface area contributed by atoms with Crippen molar-refractivity contribution in [2.75, 3.05) is 33.4 Å². The van der Waals surface area contributed by atoms with Crippen LogP contribution in [0.25, 0.3) is 16.9 Å². The molecule has 0 saturated carbocycles. The lowest BCUT2D eigenvalue weighted by molar-refractivity contribution is -0.139. The molecule has 3 aromatic rings. The monoisotopic (exact) mass is 524 g/mol. The van der Waals surface area contributed by atoms with E-state index < -0.39 is 5.82 Å². The van der Waals surface area contributed by atoms with Crippen LogP contribution in [-0.2, 0) is 22.4 Å². The van der Waals surface area contributed by atoms with Crippen molar-refractivity contribution in [2.24, 2.45) is 5.41 Å². The van der Waals surface area contributed by atoms with Crippen LogP contribution in [0.5, 0.6) is 5.88 Å². The van der Waals surface area contributed by atoms with Gasteiger partial charge in [-0.25, -0.2) is 14.1 Å². The second-order valence-corrected chi connectivity index (χ2v) is 10.4. The first-order valence-electron chi connectivity index (χ1n) is 13.6. The summed E-state index contributed by atoms with van der Waals surface area (Å²) < 4.78 is 29.1. The molecule has 0 spiro atoms. The maximum Gasteiger partial charge on any atom is 0.250 e. The zero-order chi connectivity index (χ0) is 26.9. The predicted molar refractivity (Wildman–Crippen MR) is 141 cm³/mol. The van der Waals surface area contributed by atoms with E-state index in [2.05, 4.69) is 25.0 Å². The van der Waals surface area contributed by atoms with E-state index >= 15 is 0 Å². The zero-order valence-corrected chi connectivity index (χ0v) is 22.7. The van der Waals surface area contributed by atoms with Gasteiger partial charge in [0.1, 0.15) is 0 Å². The van der Waals surface area contributed by atoms with Gasteiger partial charge in [-0.05, 0) is 33.1 Å². The number of amides is 1. The molecule has 204 valence electrons. The van der Waals surface area contributed by atoms with Crippen LogP contribution >= 0.6 is 0 Å². The van der Waals surface area contributed by atoms with Gasteiger partial charge in [0.25, 0.3) is 0 Å². The van der Waals surface area contributed by atoms with Crippen molar-refractivity contribution in [2.45, 2.75) is 65.3 Å². The first-order valence-corrected chi connectivity index (χ1v) is 13.6. The molecule has 2 aliphatic rings. The fourth-order valence-electron chi connectivity index (χ4n) is 6.13. The van der Waals surface area contributed by atoms with Gasteiger partial charge in [-0.1, -0.05) is 13.3 Å². The highest BCUT2D eigenvalue weighted by Gasteiger charge is 2.43. The molecule has 38 heavy (non-hydrogen) atoms. The Hall–Kier alpha value is -3.27. The van der Waals surface area contributed by atoms with E-state index in [-0.39, 0.29) is 23.2 Å². The minimum atomic E-state index is -0.532. The van der Waals surface area contributed by atoms with Crippen LogP contribution in [0, 0.1) is 11.2 Å². The predicted octanol–water partition coefficient (Wildman–Crippen LogP) is 4.38. The SMILES string of the molecule is CCCC1(C(C)n2cc(-c3nn(-c4cnc(OC)c(F)c4)c4c3CCOCC4)cn2)CCC(=O)N(CC)C1. The third-order valence-electron chi connectivity index (χ3n) is 8.28. The third kappa shape index (κ3) is 4.70. The molecule has 0 radical (unpaired) electrons. The summed E-state index contributed by atoms with van der Waals surface area (Å²) in [5.41, 5.74) is 4.35. The quantitative estimate of drug-likeness (QED) is 0.435. The fourth-order valence-corrected chi connectivity index (χ4v) is 6.13. The number of hydrogen-bond donors (Lipinski definition) is 0. The van der Waals surface area contributed by atoms with Gasteiger partial charge in [0.15, 0.2) is 5.82 Å². The molecule has 1 saturated heterocycles. The van der Waals surface area contributed by atoms with Gasteiger partial charge in [-0.3, -0.25) is 9.48 Å². The highest BCUT2D eigenvalue weighted by Crippen LogP contribution is 2.44. The highest BCUT2D eigenvalue weighted by molar-refractivity contribution is 5.77. The average Bonchev–Trinajstić information content (AvgIpc) is 3.47. The number of fused-ring (bicyclic) bond motifs is 1. The summed E-state index contributed by atoms with van der Waals surface area (Å²) in [6, 6.07) is 1.51. The third-order valence-corrected chi connectivity index (χ3v) is 8.28. The van der Waals surface area contributed by atoms with Gasteiger partial charge in [0.05, 0.1) is 55.8 Å². The highest BCUT2D eigenvalue weighted by atomic mass is 19.1. The van der Waals surface area contributed by atoms with E-state index in [9.17, 15) is 9.18 Å². The van der Waals surface area contributed by atoms with Gasteiger partial charge in [0, 0.05) is 54.7 Å². The molecule has 0 N–H and O–H groups in total. The number of aromatic nitrogens is 5. The van der Waals surface area contributed by atoms with Crippen molar-refractivity contribution < 1.29 is 18.7 Å². The summed E-state index contributed by atoms with van der Waals surface area (Å²) in [4.78, 5) is 18.6. The van der Waals surface area contributed by atoms with Crippen LogP contribution < -0.4 is 4.74 Å². The molecule has 0 aliphatic carbocycles. The number of hydrogen-bond acceptors (Lipinski definition) is 6. The Kier molecular flexibility index (Phi) is 7.52. The largest absolute Gasteiger partial charge is 0.479 e. The molecule has 1 amide bonds. The number of rotatable bonds is 8. The van der Waals surface area contributed by atoms with Gasteiger partial charge in [-0.15, -0.1) is 0 Å². The Morgan fingerprint density at radius 2 is 2.03 bits per heavy atom. The number of likely N-dealkylation sites (tertiary alicyclic amines) is 1. The van der Waals surface area contributed by atoms with Crippen molar-refractivity contribution in [3.63, 3.8) is 0 Å². The van der Waals surface area contributed by atoms with Crippen LogP contribution in [-0.4, -0.2) is 68.8 Å². The number of nitrogens with zero attached hydrogens (tertiary/aromatic N) is 6. The molecule has 2 aliphatic heterocycles. The first-order chi connectivity index (χ1) is 18.4. The lowest BCUT2D eigenvalue weighted by atomic mass is 9.71. The summed E-state index contributed by atoms with van der Waals surface area (Å²) in [7, 11) is 1.40. The number of piperidine rings is 1. The molecule has 3 aromatic heterocycles. The van der Waals surface area contributed by atoms with E-state index in [1.807, 2.05) is 22.7 Å². The van der Waals surface area contributed by atoms with E-state index in [1.165, 1.54) is 13.2 Å². The van der Waals surface area contributed by atoms with Crippen LogP contribution in [0.2, 0.25) is 0 Å². The van der Waals surface area contributed by atoms with Crippen molar-refractivity contribution in [1.82, 2.24) is 29.4 Å². The van der Waals surface area contributed by atoms with Crippen molar-refractivity contribution in [3.05, 3.63) is 41.7 Å². The van der Waals surface area contributed by atoms with Gasteiger partial charge in [0.2, 0.25) is 11.8 Å². The van der Waals surface area contributed by atoms with Crippen molar-refractivity contribution >= 4 is 5.91 Å². The molecule has 2 atom stereocenters. The number of halogens is 1. The number of ether oxygens (including phenoxy) is 2. The zero-order valence-electron chi connectivity index (χ0n) is 22.7. The molecular weight excluding hydrogens is 487 g/mol. The molecule has 10 heteroatoms. The van der Waals surface area contributed by atoms with Gasteiger partial charge in [-0.2, -0.15) is 10.2 Å². The molecule has 1 fully saturated rings. The fraction of sp³-hybridized carbons (Fsp3) is 0.571. The summed E-state index contributed by atoms with van der Waals surface area (Å²) in [6.45, 7) is 9.13. The Morgan fingerprint density at radius 1 is 1.21 bits per heavy atom. The molecule has 5 rings (SSSR count). The number of pyridine rings is 1. The van der Waals surface area contributed by atoms with E-state index in [0.717, 1.165) is 54.9 Å². The standard InChI is InChI=1S/C28H37FN6O3/c1-5-10-28(11-7-25(36)33(6-2)18-28)19(3)34-17-20(15-31-34)26-22-8-12-38-13-9-24(22)35(32-26)21-14-23(29)27(37-4)30-16-21/h14-17,19H,5-13,18H2,1-4H3. The summed E-state index contributed by atoms with van der Waals surface area (Å²) >= 11 is 0. The van der Waals surface area contributed by atoms with E-state index in [0.29, 0.717) is 38.2 Å². The minimum absolute atomic E-state index is 0.0294. The Bertz CT molecular complexity index is 1300. The molecule has 0 aromatic carbocycles. The van der Waals surface area contributed by atoms with Gasteiger partial charge < -0.3 is 14.4 Å². The number of methoxy groups -OCH3 is 1. The Labute approximate surface area is 222 Å². The maximum atomic E-state index is 14.5. The molecule has 9 nitrogen and oxygen atoms in total. The van der Waals surface area contributed by atoms with Crippen molar-refractivity contribution in [1.29, 1.82) is 0 Å². The van der Waals surface area contributed by atoms with Gasteiger partial charge >= 0.3 is 0 Å². The smallest absolute Gasteiger partial charge is 0.250 e. The second kappa shape index (κ2) is 10.8. The van der Waals surface area contributed by atoms with Crippen LogP contribution in [0.4, 0.5) is 4.39 Å². The summed E-state index contributed by atoms with van der Waals surface area (Å²) in [6.07, 6.45) is 10.4.